The van der Waals surface area contributed by atoms with Gasteiger partial charge in [-0.05, 0) is 30.3 Å². The van der Waals surface area contributed by atoms with Crippen LogP contribution in [0.4, 0.5) is 5.69 Å². The van der Waals surface area contributed by atoms with E-state index in [9.17, 15) is 20.0 Å². The quantitative estimate of drug-likeness (QED) is 0.614. The van der Waals surface area contributed by atoms with Crippen LogP contribution in [0.3, 0.4) is 0 Å². The fourth-order valence-corrected chi connectivity index (χ4v) is 3.08. The summed E-state index contributed by atoms with van der Waals surface area (Å²) < 4.78 is 5.58. The maximum absolute atomic E-state index is 11.3. The number of nitro benzene ring substituents is 1. The Hall–Kier alpha value is -2.06. The van der Waals surface area contributed by atoms with Gasteiger partial charge in [0.1, 0.15) is 5.75 Å². The number of aromatic carboxylic acids is 1. The highest BCUT2D eigenvalue weighted by Gasteiger charge is 2.19. The lowest BCUT2D eigenvalue weighted by atomic mass is 10.2. The average Bonchev–Trinajstić information content (AvgIpc) is 2.49. The van der Waals surface area contributed by atoms with Crippen LogP contribution < -0.4 is 4.74 Å². The lowest BCUT2D eigenvalue weighted by Gasteiger charge is -2.08. The number of carboxylic acids is 1. The van der Waals surface area contributed by atoms with E-state index in [2.05, 4.69) is 15.9 Å². The summed E-state index contributed by atoms with van der Waals surface area (Å²) in [5.74, 6) is -0.715. The third-order valence-corrected chi connectivity index (χ3v) is 4.39. The van der Waals surface area contributed by atoms with Crippen molar-refractivity contribution in [2.45, 2.75) is 9.79 Å². The number of ether oxygens (including phenoxy) is 1. The third kappa shape index (κ3) is 3.58. The van der Waals surface area contributed by atoms with E-state index in [4.69, 9.17) is 4.74 Å². The number of hydrogen-bond donors (Lipinski definition) is 1. The number of carboxylic acid groups (broad SMARTS) is 1. The molecule has 0 atom stereocenters. The molecule has 0 bridgehead atoms. The summed E-state index contributed by atoms with van der Waals surface area (Å²) in [5, 5.41) is 20.4. The van der Waals surface area contributed by atoms with Gasteiger partial charge in [-0.25, -0.2) is 4.79 Å². The molecule has 0 aliphatic rings. The molecular weight excluding hydrogens is 374 g/mol. The molecule has 0 fully saturated rings. The monoisotopic (exact) mass is 383 g/mol. The molecule has 2 rings (SSSR count). The highest BCUT2D eigenvalue weighted by molar-refractivity contribution is 9.10. The van der Waals surface area contributed by atoms with Gasteiger partial charge in [-0.3, -0.25) is 10.1 Å². The zero-order valence-corrected chi connectivity index (χ0v) is 13.7. The van der Waals surface area contributed by atoms with Gasteiger partial charge < -0.3 is 9.84 Å². The molecule has 2 aromatic carbocycles. The summed E-state index contributed by atoms with van der Waals surface area (Å²) in [4.78, 5) is 22.7. The van der Waals surface area contributed by atoms with Crippen molar-refractivity contribution in [1.29, 1.82) is 0 Å². The first-order chi connectivity index (χ1) is 10.4. The van der Waals surface area contributed by atoms with Crippen LogP contribution in [0, 0.1) is 10.1 Å². The zero-order valence-electron chi connectivity index (χ0n) is 11.3. The highest BCUT2D eigenvalue weighted by atomic mass is 79.9. The molecule has 0 saturated heterocycles. The molecule has 22 heavy (non-hydrogen) atoms. The van der Waals surface area contributed by atoms with Crippen LogP contribution in [0.25, 0.3) is 0 Å². The molecule has 6 nitrogen and oxygen atoms in total. The Morgan fingerprint density at radius 3 is 2.55 bits per heavy atom. The second-order valence-electron chi connectivity index (χ2n) is 4.14. The number of methoxy groups -OCH3 is 1. The van der Waals surface area contributed by atoms with Crippen molar-refractivity contribution in [1.82, 2.24) is 0 Å². The maximum atomic E-state index is 11.3. The molecule has 0 saturated carbocycles. The summed E-state index contributed by atoms with van der Waals surface area (Å²) in [6.45, 7) is 0. The van der Waals surface area contributed by atoms with Gasteiger partial charge in [-0.2, -0.15) is 0 Å². The van der Waals surface area contributed by atoms with Gasteiger partial charge in [0.2, 0.25) is 0 Å². The summed E-state index contributed by atoms with van der Waals surface area (Å²) in [6, 6.07) is 9.18. The first-order valence-corrected chi connectivity index (χ1v) is 7.56. The molecule has 8 heteroatoms. The van der Waals surface area contributed by atoms with E-state index in [1.165, 1.54) is 19.2 Å². The van der Waals surface area contributed by atoms with Crippen molar-refractivity contribution in [2.24, 2.45) is 0 Å². The normalized spacial score (nSPS) is 10.3. The molecule has 0 aliphatic carbocycles. The number of nitrogens with zero attached hydrogens (tertiary/aromatic N) is 1. The van der Waals surface area contributed by atoms with Gasteiger partial charge in [0.25, 0.3) is 5.69 Å². The van der Waals surface area contributed by atoms with Crippen LogP contribution in [0.15, 0.2) is 50.7 Å². The van der Waals surface area contributed by atoms with Crippen LogP contribution in [0.5, 0.6) is 5.75 Å². The fourth-order valence-electron chi connectivity index (χ4n) is 1.73. The minimum absolute atomic E-state index is 0.0292. The number of halogens is 1. The van der Waals surface area contributed by atoms with E-state index < -0.39 is 10.9 Å². The molecule has 0 spiro atoms. The topological polar surface area (TPSA) is 89.7 Å². The molecule has 0 heterocycles. The van der Waals surface area contributed by atoms with E-state index in [1.54, 1.807) is 24.3 Å². The first-order valence-electron chi connectivity index (χ1n) is 5.95. The molecule has 114 valence electrons. The van der Waals surface area contributed by atoms with Gasteiger partial charge in [-0.15, -0.1) is 0 Å². The summed E-state index contributed by atoms with van der Waals surface area (Å²) in [7, 11) is 1.44. The minimum Gasteiger partial charge on any atom is -0.497 e. The van der Waals surface area contributed by atoms with Crippen molar-refractivity contribution in [3.8, 4) is 5.75 Å². The van der Waals surface area contributed by atoms with E-state index in [-0.39, 0.29) is 11.3 Å². The van der Waals surface area contributed by atoms with Gasteiger partial charge >= 0.3 is 5.97 Å². The number of nitro groups is 1. The molecule has 0 radical (unpaired) electrons. The zero-order chi connectivity index (χ0) is 16.3. The van der Waals surface area contributed by atoms with Crippen LogP contribution in [0.2, 0.25) is 0 Å². The SMILES string of the molecule is COc1ccc(Sc2ccc(Br)cc2[N+](=O)[O-])c(C(=O)O)c1. The van der Waals surface area contributed by atoms with Crippen LogP contribution in [0.1, 0.15) is 10.4 Å². The Balaban J connectivity index is 2.47. The number of benzene rings is 2. The summed E-state index contributed by atoms with van der Waals surface area (Å²) >= 11 is 4.21. The molecule has 0 aromatic heterocycles. The van der Waals surface area contributed by atoms with Gasteiger partial charge in [0.05, 0.1) is 22.5 Å². The van der Waals surface area contributed by atoms with E-state index in [0.717, 1.165) is 11.8 Å². The minimum atomic E-state index is -1.12. The Bertz CT molecular complexity index is 750. The fraction of sp³-hybridized carbons (Fsp3) is 0.0714. The molecule has 0 unspecified atom stereocenters. The van der Waals surface area contributed by atoms with E-state index in [0.29, 0.717) is 20.0 Å². The van der Waals surface area contributed by atoms with E-state index in [1.807, 2.05) is 0 Å². The second kappa shape index (κ2) is 6.80. The van der Waals surface area contributed by atoms with Gasteiger partial charge in [-0.1, -0.05) is 27.7 Å². The van der Waals surface area contributed by atoms with Crippen molar-refractivity contribution in [3.05, 3.63) is 56.5 Å². The van der Waals surface area contributed by atoms with Crippen molar-refractivity contribution < 1.29 is 19.6 Å². The van der Waals surface area contributed by atoms with Crippen molar-refractivity contribution in [3.63, 3.8) is 0 Å². The Kier molecular flexibility index (Phi) is 5.04. The first kappa shape index (κ1) is 16.3. The molecule has 1 N–H and O–H groups in total. The van der Waals surface area contributed by atoms with Crippen molar-refractivity contribution in [2.75, 3.05) is 7.11 Å². The highest BCUT2D eigenvalue weighted by Crippen LogP contribution is 2.38. The molecular formula is C14H10BrNO5S. The molecule has 2 aromatic rings. The van der Waals surface area contributed by atoms with Gasteiger partial charge in [0.15, 0.2) is 0 Å². The Morgan fingerprint density at radius 1 is 1.27 bits per heavy atom. The second-order valence-corrected chi connectivity index (χ2v) is 6.14. The average molecular weight is 384 g/mol. The Labute approximate surface area is 138 Å². The largest absolute Gasteiger partial charge is 0.497 e. The lowest BCUT2D eigenvalue weighted by molar-refractivity contribution is -0.387. The predicted molar refractivity (Wildman–Crippen MR) is 84.9 cm³/mol. The maximum Gasteiger partial charge on any atom is 0.336 e. The van der Waals surface area contributed by atoms with Crippen molar-refractivity contribution >= 4 is 39.3 Å². The predicted octanol–water partition coefficient (Wildman–Crippen LogP) is 4.22. The number of rotatable bonds is 5. The number of hydrogen-bond acceptors (Lipinski definition) is 5. The summed E-state index contributed by atoms with van der Waals surface area (Å²) in [5.41, 5.74) is -0.0619. The summed E-state index contributed by atoms with van der Waals surface area (Å²) in [6.07, 6.45) is 0. The van der Waals surface area contributed by atoms with E-state index >= 15 is 0 Å². The lowest BCUT2D eigenvalue weighted by Crippen LogP contribution is -2.00. The Morgan fingerprint density at radius 2 is 1.95 bits per heavy atom. The molecule has 0 aliphatic heterocycles. The van der Waals surface area contributed by atoms with Crippen LogP contribution >= 0.6 is 27.7 Å². The molecule has 0 amide bonds. The smallest absolute Gasteiger partial charge is 0.336 e. The standard InChI is InChI=1S/C14H10BrNO5S/c1-21-9-3-5-12(10(7-9)14(17)18)22-13-4-2-8(15)6-11(13)16(19)20/h2-7H,1H3,(H,17,18). The van der Waals surface area contributed by atoms with Crippen LogP contribution in [-0.2, 0) is 0 Å². The number of carbonyl (C=O) groups is 1. The van der Waals surface area contributed by atoms with Crippen LogP contribution in [-0.4, -0.2) is 23.1 Å². The third-order valence-electron chi connectivity index (χ3n) is 2.75. The van der Waals surface area contributed by atoms with Gasteiger partial charge in [0, 0.05) is 15.4 Å².